The van der Waals surface area contributed by atoms with Gasteiger partial charge in [0.25, 0.3) is 0 Å². The second-order valence-electron chi connectivity index (χ2n) is 6.72. The van der Waals surface area contributed by atoms with Crippen molar-refractivity contribution in [2.24, 2.45) is 5.92 Å². The number of hydrogen-bond acceptors (Lipinski definition) is 3. The number of hydrogen-bond donors (Lipinski definition) is 1. The lowest BCUT2D eigenvalue weighted by atomic mass is 9.88. The molecule has 1 saturated carbocycles. The Labute approximate surface area is 138 Å². The minimum atomic E-state index is 0.244. The third kappa shape index (κ3) is 4.18. The summed E-state index contributed by atoms with van der Waals surface area (Å²) in [7, 11) is 0. The van der Waals surface area contributed by atoms with Gasteiger partial charge in [0.05, 0.1) is 0 Å². The first-order valence-corrected chi connectivity index (χ1v) is 8.91. The van der Waals surface area contributed by atoms with Gasteiger partial charge in [-0.2, -0.15) is 0 Å². The number of ether oxygens (including phenoxy) is 2. The van der Waals surface area contributed by atoms with Crippen molar-refractivity contribution in [2.75, 3.05) is 19.8 Å². The van der Waals surface area contributed by atoms with E-state index in [-0.39, 0.29) is 11.8 Å². The molecule has 3 rings (SSSR count). The summed E-state index contributed by atoms with van der Waals surface area (Å²) >= 11 is 0. The van der Waals surface area contributed by atoms with Crippen LogP contribution in [0.15, 0.2) is 18.2 Å². The Kier molecular flexibility index (Phi) is 5.42. The normalized spacial score (nSPS) is 19.2. The molecule has 1 aliphatic carbocycles. The largest absolute Gasteiger partial charge is 0.486 e. The first kappa shape index (κ1) is 16.2. The van der Waals surface area contributed by atoms with E-state index in [1.807, 2.05) is 6.07 Å². The van der Waals surface area contributed by atoms with Crippen molar-refractivity contribution >= 4 is 5.91 Å². The van der Waals surface area contributed by atoms with E-state index in [1.165, 1.54) is 24.8 Å². The van der Waals surface area contributed by atoms with E-state index in [4.69, 9.17) is 9.47 Å². The smallest absolute Gasteiger partial charge is 0.223 e. The van der Waals surface area contributed by atoms with Gasteiger partial charge in [-0.25, -0.2) is 0 Å². The van der Waals surface area contributed by atoms with Gasteiger partial charge in [0, 0.05) is 12.5 Å². The van der Waals surface area contributed by atoms with Crippen LogP contribution in [-0.2, 0) is 4.79 Å². The van der Waals surface area contributed by atoms with Crippen molar-refractivity contribution in [1.82, 2.24) is 5.32 Å². The molecule has 1 aromatic rings. The average Bonchev–Trinajstić information content (AvgIpc) is 2.61. The van der Waals surface area contributed by atoms with Crippen LogP contribution in [0.25, 0.3) is 0 Å². The Balaban J connectivity index is 1.47. The quantitative estimate of drug-likeness (QED) is 0.902. The lowest BCUT2D eigenvalue weighted by Crippen LogP contribution is -2.33. The van der Waals surface area contributed by atoms with Crippen LogP contribution in [0.1, 0.15) is 56.9 Å². The zero-order valence-electron chi connectivity index (χ0n) is 14.0. The minimum Gasteiger partial charge on any atom is -0.486 e. The number of carbonyl (C=O) groups is 1. The first-order valence-electron chi connectivity index (χ1n) is 8.91. The van der Waals surface area contributed by atoms with E-state index >= 15 is 0 Å². The predicted octanol–water partition coefficient (Wildman–Crippen LogP) is 3.65. The van der Waals surface area contributed by atoms with E-state index < -0.39 is 0 Å². The second-order valence-corrected chi connectivity index (χ2v) is 6.72. The molecule has 1 N–H and O–H groups in total. The van der Waals surface area contributed by atoms with Crippen molar-refractivity contribution in [2.45, 2.75) is 51.4 Å². The summed E-state index contributed by atoms with van der Waals surface area (Å²) in [5.74, 6) is 2.55. The summed E-state index contributed by atoms with van der Waals surface area (Å²) in [6.07, 6.45) is 6.74. The molecular weight excluding hydrogens is 290 g/mol. The molecule has 1 unspecified atom stereocenters. The molecule has 1 aromatic carbocycles. The fourth-order valence-electron chi connectivity index (χ4n) is 3.45. The second kappa shape index (κ2) is 7.71. The standard InChI is InChI=1S/C19H27NO3/c1-14(9-10-20-19(21)15-5-3-2-4-6-15)16-7-8-17-18(13-16)23-12-11-22-17/h7-8,13-15H,2-6,9-12H2,1H3,(H,20,21). The van der Waals surface area contributed by atoms with Gasteiger partial charge in [0.15, 0.2) is 11.5 Å². The highest BCUT2D eigenvalue weighted by molar-refractivity contribution is 5.78. The van der Waals surface area contributed by atoms with Crippen LogP contribution in [0.3, 0.4) is 0 Å². The van der Waals surface area contributed by atoms with Crippen LogP contribution >= 0.6 is 0 Å². The molecule has 1 aliphatic heterocycles. The van der Waals surface area contributed by atoms with Gasteiger partial charge in [-0.3, -0.25) is 4.79 Å². The molecule has 4 nitrogen and oxygen atoms in total. The maximum Gasteiger partial charge on any atom is 0.223 e. The van der Waals surface area contributed by atoms with Crippen LogP contribution in [0, 0.1) is 5.92 Å². The van der Waals surface area contributed by atoms with Gasteiger partial charge < -0.3 is 14.8 Å². The highest BCUT2D eigenvalue weighted by atomic mass is 16.6. The molecular formula is C19H27NO3. The van der Waals surface area contributed by atoms with Gasteiger partial charge in [0.1, 0.15) is 13.2 Å². The minimum absolute atomic E-state index is 0.244. The van der Waals surface area contributed by atoms with Gasteiger partial charge in [-0.1, -0.05) is 32.3 Å². The lowest BCUT2D eigenvalue weighted by molar-refractivity contribution is -0.125. The summed E-state index contributed by atoms with van der Waals surface area (Å²) in [5, 5.41) is 3.12. The van der Waals surface area contributed by atoms with Gasteiger partial charge in [-0.05, 0) is 42.9 Å². The topological polar surface area (TPSA) is 47.6 Å². The molecule has 2 aliphatic rings. The molecule has 1 amide bonds. The van der Waals surface area contributed by atoms with E-state index in [0.29, 0.717) is 19.1 Å². The van der Waals surface area contributed by atoms with Crippen LogP contribution in [0.5, 0.6) is 11.5 Å². The average molecular weight is 317 g/mol. The molecule has 126 valence electrons. The number of amides is 1. The summed E-state index contributed by atoms with van der Waals surface area (Å²) in [6.45, 7) is 4.17. The Bertz CT molecular complexity index is 537. The Morgan fingerprint density at radius 2 is 1.91 bits per heavy atom. The van der Waals surface area contributed by atoms with Crippen LogP contribution in [0.4, 0.5) is 0 Å². The third-order valence-electron chi connectivity index (χ3n) is 4.99. The molecule has 1 fully saturated rings. The van der Waals surface area contributed by atoms with Crippen molar-refractivity contribution < 1.29 is 14.3 Å². The fraction of sp³-hybridized carbons (Fsp3) is 0.632. The molecule has 0 spiro atoms. The Hall–Kier alpha value is -1.71. The van der Waals surface area contributed by atoms with E-state index in [9.17, 15) is 4.79 Å². The maximum absolute atomic E-state index is 12.2. The first-order chi connectivity index (χ1) is 11.2. The summed E-state index contributed by atoms with van der Waals surface area (Å²) in [4.78, 5) is 12.2. The third-order valence-corrected chi connectivity index (χ3v) is 4.99. The SMILES string of the molecule is CC(CCNC(=O)C1CCCCC1)c1ccc2c(c1)OCCO2. The van der Waals surface area contributed by atoms with Crippen LogP contribution in [0.2, 0.25) is 0 Å². The highest BCUT2D eigenvalue weighted by Crippen LogP contribution is 2.33. The number of fused-ring (bicyclic) bond motifs is 1. The van der Waals surface area contributed by atoms with Gasteiger partial charge >= 0.3 is 0 Å². The summed E-state index contributed by atoms with van der Waals surface area (Å²) in [5.41, 5.74) is 1.24. The zero-order valence-corrected chi connectivity index (χ0v) is 14.0. The Morgan fingerprint density at radius 3 is 2.70 bits per heavy atom. The number of rotatable bonds is 5. The molecule has 1 atom stereocenters. The van der Waals surface area contributed by atoms with E-state index in [0.717, 1.165) is 37.3 Å². The number of carbonyl (C=O) groups excluding carboxylic acids is 1. The number of benzene rings is 1. The van der Waals surface area contributed by atoms with Gasteiger partial charge in [-0.15, -0.1) is 0 Å². The van der Waals surface area contributed by atoms with Crippen molar-refractivity contribution in [1.29, 1.82) is 0 Å². The van der Waals surface area contributed by atoms with Crippen LogP contribution < -0.4 is 14.8 Å². The molecule has 4 heteroatoms. The van der Waals surface area contributed by atoms with Gasteiger partial charge in [0.2, 0.25) is 5.91 Å². The molecule has 0 saturated heterocycles. The molecule has 0 bridgehead atoms. The lowest BCUT2D eigenvalue weighted by Gasteiger charge is -2.22. The maximum atomic E-state index is 12.2. The highest BCUT2D eigenvalue weighted by Gasteiger charge is 2.21. The van der Waals surface area contributed by atoms with Crippen molar-refractivity contribution in [3.8, 4) is 11.5 Å². The summed E-state index contributed by atoms with van der Waals surface area (Å²) in [6, 6.07) is 6.16. The van der Waals surface area contributed by atoms with Crippen molar-refractivity contribution in [3.05, 3.63) is 23.8 Å². The predicted molar refractivity (Wildman–Crippen MR) is 90.0 cm³/mol. The zero-order chi connectivity index (χ0) is 16.1. The Morgan fingerprint density at radius 1 is 1.17 bits per heavy atom. The molecule has 23 heavy (non-hydrogen) atoms. The summed E-state index contributed by atoms with van der Waals surface area (Å²) < 4.78 is 11.2. The molecule has 0 radical (unpaired) electrons. The molecule has 0 aromatic heterocycles. The number of nitrogens with one attached hydrogen (secondary N) is 1. The van der Waals surface area contributed by atoms with Crippen LogP contribution in [-0.4, -0.2) is 25.7 Å². The molecule has 1 heterocycles. The van der Waals surface area contributed by atoms with E-state index in [1.54, 1.807) is 0 Å². The van der Waals surface area contributed by atoms with E-state index in [2.05, 4.69) is 24.4 Å². The monoisotopic (exact) mass is 317 g/mol. The fourth-order valence-corrected chi connectivity index (χ4v) is 3.45. The van der Waals surface area contributed by atoms with Crippen molar-refractivity contribution in [3.63, 3.8) is 0 Å².